The number of hydrogen-bond donors (Lipinski definition) is 3. The van der Waals surface area contributed by atoms with Gasteiger partial charge < -0.3 is 16.4 Å². The van der Waals surface area contributed by atoms with Crippen molar-refractivity contribution in [1.29, 1.82) is 5.41 Å². The van der Waals surface area contributed by atoms with Crippen molar-refractivity contribution in [3.05, 3.63) is 30.1 Å². The van der Waals surface area contributed by atoms with E-state index in [1.54, 1.807) is 11.1 Å². The molecule has 0 radical (unpaired) electrons. The van der Waals surface area contributed by atoms with E-state index in [0.29, 0.717) is 13.1 Å². The first-order valence-electron chi connectivity index (χ1n) is 4.96. The molecule has 0 spiro atoms. The monoisotopic (exact) mass is 220 g/mol. The number of pyridine rings is 1. The minimum atomic E-state index is -0.107. The van der Waals surface area contributed by atoms with Gasteiger partial charge in [0.25, 0.3) is 0 Å². The molecule has 0 aromatic carbocycles. The van der Waals surface area contributed by atoms with E-state index >= 15 is 0 Å². The van der Waals surface area contributed by atoms with Crippen molar-refractivity contribution in [2.24, 2.45) is 16.5 Å². The molecule has 0 saturated carbocycles. The Balaban J connectivity index is 2.70. The lowest BCUT2D eigenvalue weighted by molar-refractivity contribution is 0.422. The largest absolute Gasteiger partial charge is 0.370 e. The summed E-state index contributed by atoms with van der Waals surface area (Å²) >= 11 is 0. The van der Waals surface area contributed by atoms with Crippen LogP contribution in [0.4, 0.5) is 0 Å². The van der Waals surface area contributed by atoms with Crippen molar-refractivity contribution in [3.63, 3.8) is 0 Å². The van der Waals surface area contributed by atoms with E-state index in [-0.39, 0.29) is 11.9 Å². The topological polar surface area (TPSA) is 104 Å². The van der Waals surface area contributed by atoms with Gasteiger partial charge in [-0.25, -0.2) is 0 Å². The summed E-state index contributed by atoms with van der Waals surface area (Å²) < 4.78 is 0. The van der Waals surface area contributed by atoms with Gasteiger partial charge in [0.1, 0.15) is 0 Å². The van der Waals surface area contributed by atoms with E-state index in [4.69, 9.17) is 16.9 Å². The van der Waals surface area contributed by atoms with E-state index in [1.165, 1.54) is 0 Å². The molecule has 0 unspecified atom stereocenters. The van der Waals surface area contributed by atoms with Gasteiger partial charge in [0.2, 0.25) is 5.96 Å². The molecule has 1 rings (SSSR count). The molecular formula is C10H16N6. The van der Waals surface area contributed by atoms with E-state index in [9.17, 15) is 0 Å². The van der Waals surface area contributed by atoms with Crippen LogP contribution in [0.1, 0.15) is 12.6 Å². The van der Waals surface area contributed by atoms with Crippen LogP contribution >= 0.6 is 0 Å². The zero-order chi connectivity index (χ0) is 12.0. The van der Waals surface area contributed by atoms with Gasteiger partial charge in [-0.1, -0.05) is 6.07 Å². The molecule has 1 heterocycles. The molecule has 6 nitrogen and oxygen atoms in total. The van der Waals surface area contributed by atoms with E-state index in [1.807, 2.05) is 25.1 Å². The van der Waals surface area contributed by atoms with Crippen molar-refractivity contribution < 1.29 is 0 Å². The molecule has 86 valence electrons. The first kappa shape index (κ1) is 12.0. The molecule has 5 N–H and O–H groups in total. The second-order valence-electron chi connectivity index (χ2n) is 3.20. The summed E-state index contributed by atoms with van der Waals surface area (Å²) in [6.07, 6.45) is 1.72. The number of hydrogen-bond acceptors (Lipinski definition) is 2. The molecule has 6 heteroatoms. The van der Waals surface area contributed by atoms with Crippen molar-refractivity contribution >= 4 is 11.9 Å². The number of aliphatic imine (C=N–C) groups is 1. The minimum absolute atomic E-state index is 0.0492. The fourth-order valence-electron chi connectivity index (χ4n) is 1.22. The maximum atomic E-state index is 7.68. The highest BCUT2D eigenvalue weighted by Crippen LogP contribution is 2.01. The third-order valence-corrected chi connectivity index (χ3v) is 2.00. The molecule has 0 aliphatic rings. The standard InChI is InChI=1S/C10H16N6/c1-2-16(10(13)15-9(11)12)7-8-5-3-4-6-14-8/h3-6H,2,7H2,1H3,(H5,11,12,13,15). The molecule has 16 heavy (non-hydrogen) atoms. The van der Waals surface area contributed by atoms with Crippen LogP contribution in [0, 0.1) is 5.41 Å². The lowest BCUT2D eigenvalue weighted by Gasteiger charge is -2.19. The van der Waals surface area contributed by atoms with Crippen molar-refractivity contribution in [3.8, 4) is 0 Å². The molecular weight excluding hydrogens is 204 g/mol. The van der Waals surface area contributed by atoms with E-state index < -0.39 is 0 Å². The summed E-state index contributed by atoms with van der Waals surface area (Å²) in [6.45, 7) is 3.10. The van der Waals surface area contributed by atoms with Crippen molar-refractivity contribution in [1.82, 2.24) is 9.88 Å². The summed E-state index contributed by atoms with van der Waals surface area (Å²) in [5.41, 5.74) is 11.3. The molecule has 1 aromatic heterocycles. The third-order valence-electron chi connectivity index (χ3n) is 2.00. The van der Waals surface area contributed by atoms with Gasteiger partial charge in [0, 0.05) is 12.7 Å². The van der Waals surface area contributed by atoms with Crippen LogP contribution in [-0.4, -0.2) is 28.3 Å². The zero-order valence-corrected chi connectivity index (χ0v) is 9.22. The number of nitrogens with zero attached hydrogens (tertiary/aromatic N) is 3. The molecule has 0 aliphatic heterocycles. The molecule has 0 bridgehead atoms. The third kappa shape index (κ3) is 3.56. The smallest absolute Gasteiger partial charge is 0.221 e. The van der Waals surface area contributed by atoms with Gasteiger partial charge >= 0.3 is 0 Å². The number of rotatable bonds is 3. The van der Waals surface area contributed by atoms with Crippen molar-refractivity contribution in [2.75, 3.05) is 6.54 Å². The van der Waals surface area contributed by atoms with Crippen LogP contribution in [0.3, 0.4) is 0 Å². The average molecular weight is 220 g/mol. The van der Waals surface area contributed by atoms with Crippen molar-refractivity contribution in [2.45, 2.75) is 13.5 Å². The van der Waals surface area contributed by atoms with Gasteiger partial charge in [-0.3, -0.25) is 10.4 Å². The predicted molar refractivity (Wildman–Crippen MR) is 63.9 cm³/mol. The maximum absolute atomic E-state index is 7.68. The first-order chi connectivity index (χ1) is 7.63. The Morgan fingerprint density at radius 1 is 1.50 bits per heavy atom. The average Bonchev–Trinajstić information content (AvgIpc) is 2.26. The summed E-state index contributed by atoms with van der Waals surface area (Å²) in [7, 11) is 0. The number of guanidine groups is 2. The Morgan fingerprint density at radius 2 is 2.25 bits per heavy atom. The zero-order valence-electron chi connectivity index (χ0n) is 9.22. The van der Waals surface area contributed by atoms with Crippen LogP contribution in [0.15, 0.2) is 29.4 Å². The highest BCUT2D eigenvalue weighted by atomic mass is 15.3. The second-order valence-corrected chi connectivity index (χ2v) is 3.20. The highest BCUT2D eigenvalue weighted by molar-refractivity contribution is 5.91. The maximum Gasteiger partial charge on any atom is 0.221 e. The molecule has 0 aliphatic carbocycles. The van der Waals surface area contributed by atoms with Gasteiger partial charge in [0.15, 0.2) is 5.96 Å². The van der Waals surface area contributed by atoms with E-state index in [0.717, 1.165) is 5.69 Å². The Labute approximate surface area is 94.5 Å². The Hall–Kier alpha value is -2.11. The quantitative estimate of drug-likeness (QED) is 0.496. The number of nitrogens with one attached hydrogen (secondary N) is 1. The summed E-state index contributed by atoms with van der Waals surface area (Å²) in [5, 5.41) is 7.68. The molecule has 0 saturated heterocycles. The highest BCUT2D eigenvalue weighted by Gasteiger charge is 2.08. The fourth-order valence-corrected chi connectivity index (χ4v) is 1.22. The van der Waals surface area contributed by atoms with Crippen LogP contribution in [0.5, 0.6) is 0 Å². The van der Waals surface area contributed by atoms with Crippen LogP contribution in [-0.2, 0) is 6.54 Å². The molecule has 0 fully saturated rings. The lowest BCUT2D eigenvalue weighted by atomic mass is 10.3. The number of aromatic nitrogens is 1. The fraction of sp³-hybridized carbons (Fsp3) is 0.300. The SMILES string of the molecule is CCN(Cc1ccccn1)C(=N)N=C(N)N. The second kappa shape index (κ2) is 5.69. The molecule has 0 amide bonds. The number of nitrogens with two attached hydrogens (primary N) is 2. The van der Waals surface area contributed by atoms with E-state index in [2.05, 4.69) is 9.98 Å². The first-order valence-corrected chi connectivity index (χ1v) is 4.96. The minimum Gasteiger partial charge on any atom is -0.370 e. The molecule has 0 atom stereocenters. The van der Waals surface area contributed by atoms with Gasteiger partial charge in [-0.15, -0.1) is 0 Å². The van der Waals surface area contributed by atoms with Crippen LogP contribution < -0.4 is 11.5 Å². The van der Waals surface area contributed by atoms with Crippen LogP contribution in [0.25, 0.3) is 0 Å². The lowest BCUT2D eigenvalue weighted by Crippen LogP contribution is -2.33. The Kier molecular flexibility index (Phi) is 4.26. The van der Waals surface area contributed by atoms with Crippen LogP contribution in [0.2, 0.25) is 0 Å². The Bertz CT molecular complexity index is 368. The van der Waals surface area contributed by atoms with Gasteiger partial charge in [-0.2, -0.15) is 4.99 Å². The normalized spacial score (nSPS) is 9.56. The Morgan fingerprint density at radius 3 is 2.75 bits per heavy atom. The summed E-state index contributed by atoms with van der Waals surface area (Å²) in [6, 6.07) is 5.65. The van der Waals surface area contributed by atoms with Gasteiger partial charge in [-0.05, 0) is 19.1 Å². The summed E-state index contributed by atoms with van der Waals surface area (Å²) in [5.74, 6) is -0.0578. The van der Waals surface area contributed by atoms with Gasteiger partial charge in [0.05, 0.1) is 12.2 Å². The molecule has 1 aromatic rings. The summed E-state index contributed by atoms with van der Waals surface area (Å²) in [4.78, 5) is 9.60. The predicted octanol–water partition coefficient (Wildman–Crippen LogP) is 0.112.